The van der Waals surface area contributed by atoms with E-state index < -0.39 is 0 Å². The number of fused-ring (bicyclic) bond motifs is 1. The highest BCUT2D eigenvalue weighted by Gasteiger charge is 2.43. The molecule has 3 heteroatoms. The summed E-state index contributed by atoms with van der Waals surface area (Å²) in [5, 5.41) is 11.0. The second-order valence-corrected chi connectivity index (χ2v) is 7.69. The van der Waals surface area contributed by atoms with Gasteiger partial charge in [0.05, 0.1) is 12.7 Å². The standard InChI is InChI=1S/C21H34O3/c1-14(2)8-6-10-16(4)19-18(22)12-15(3)9-7-11-17-13-24-21(23-5)20(17)19/h8-9,11,16,18-22H,6-7,10,12-13H2,1-5H3/b15-9+,17-11-/t16-,18-,19-,20-,21+/m1/s1. The van der Waals surface area contributed by atoms with E-state index in [1.807, 2.05) is 0 Å². The van der Waals surface area contributed by atoms with Crippen molar-refractivity contribution in [2.45, 2.75) is 65.8 Å². The second kappa shape index (κ2) is 8.98. The van der Waals surface area contributed by atoms with Gasteiger partial charge in [-0.25, -0.2) is 0 Å². The maximum Gasteiger partial charge on any atom is 0.164 e. The fourth-order valence-electron chi connectivity index (χ4n) is 4.15. The summed E-state index contributed by atoms with van der Waals surface area (Å²) in [5.41, 5.74) is 3.93. The van der Waals surface area contributed by atoms with Gasteiger partial charge in [-0.05, 0) is 63.9 Å². The molecule has 0 aromatic carbocycles. The van der Waals surface area contributed by atoms with Gasteiger partial charge in [-0.3, -0.25) is 0 Å². The summed E-state index contributed by atoms with van der Waals surface area (Å²) >= 11 is 0. The van der Waals surface area contributed by atoms with Crippen LogP contribution in [0.15, 0.2) is 34.9 Å². The Morgan fingerprint density at radius 2 is 2.17 bits per heavy atom. The zero-order chi connectivity index (χ0) is 17.7. The number of aliphatic hydroxyl groups excluding tert-OH is 1. The van der Waals surface area contributed by atoms with Gasteiger partial charge in [-0.2, -0.15) is 0 Å². The number of aliphatic hydroxyl groups is 1. The van der Waals surface area contributed by atoms with Crippen molar-refractivity contribution >= 4 is 0 Å². The van der Waals surface area contributed by atoms with E-state index >= 15 is 0 Å². The van der Waals surface area contributed by atoms with Crippen LogP contribution in [0.2, 0.25) is 0 Å². The number of hydrogen-bond acceptors (Lipinski definition) is 3. The molecule has 1 heterocycles. The van der Waals surface area contributed by atoms with E-state index in [2.05, 4.69) is 45.9 Å². The molecule has 1 saturated heterocycles. The molecule has 1 N–H and O–H groups in total. The minimum Gasteiger partial charge on any atom is -0.392 e. The lowest BCUT2D eigenvalue weighted by molar-refractivity contribution is -0.133. The molecule has 0 amide bonds. The Kier molecular flexibility index (Phi) is 7.27. The SMILES string of the molecule is CO[C@H]1OC/C2=C/C/C=C(\C)C[C@@H](O)[C@@H]([C@H](C)CCC=C(C)C)[C@@H]21. The first-order valence-electron chi connectivity index (χ1n) is 9.24. The molecule has 0 bridgehead atoms. The molecule has 3 nitrogen and oxygen atoms in total. The van der Waals surface area contributed by atoms with E-state index in [0.29, 0.717) is 12.5 Å². The lowest BCUT2D eigenvalue weighted by Crippen LogP contribution is -2.38. The van der Waals surface area contributed by atoms with Gasteiger partial charge < -0.3 is 14.6 Å². The zero-order valence-corrected chi connectivity index (χ0v) is 15.9. The lowest BCUT2D eigenvalue weighted by Gasteiger charge is -2.36. The molecule has 2 rings (SSSR count). The van der Waals surface area contributed by atoms with E-state index in [1.54, 1.807) is 7.11 Å². The summed E-state index contributed by atoms with van der Waals surface area (Å²) in [7, 11) is 1.71. The van der Waals surface area contributed by atoms with Crippen LogP contribution in [-0.4, -0.2) is 31.2 Å². The van der Waals surface area contributed by atoms with Crippen molar-refractivity contribution in [3.05, 3.63) is 34.9 Å². The summed E-state index contributed by atoms with van der Waals surface area (Å²) in [5.74, 6) is 0.732. The minimum absolute atomic E-state index is 0.158. The van der Waals surface area contributed by atoms with E-state index in [1.165, 1.54) is 16.7 Å². The van der Waals surface area contributed by atoms with Gasteiger partial charge in [0, 0.05) is 13.0 Å². The summed E-state index contributed by atoms with van der Waals surface area (Å²) in [4.78, 5) is 0. The smallest absolute Gasteiger partial charge is 0.164 e. The molecule has 136 valence electrons. The molecule has 1 aliphatic carbocycles. The zero-order valence-electron chi connectivity index (χ0n) is 15.9. The molecule has 0 aromatic rings. The number of rotatable bonds is 5. The van der Waals surface area contributed by atoms with Crippen LogP contribution in [0.3, 0.4) is 0 Å². The van der Waals surface area contributed by atoms with Gasteiger partial charge in [0.15, 0.2) is 6.29 Å². The van der Waals surface area contributed by atoms with Crippen molar-refractivity contribution in [1.29, 1.82) is 0 Å². The molecular weight excluding hydrogens is 300 g/mol. The van der Waals surface area contributed by atoms with Crippen LogP contribution in [0.1, 0.15) is 53.4 Å². The van der Waals surface area contributed by atoms with E-state index in [4.69, 9.17) is 9.47 Å². The van der Waals surface area contributed by atoms with Gasteiger partial charge in [-0.15, -0.1) is 0 Å². The van der Waals surface area contributed by atoms with Crippen LogP contribution in [0, 0.1) is 17.8 Å². The molecule has 1 aliphatic heterocycles. The third-order valence-corrected chi connectivity index (χ3v) is 5.44. The molecule has 0 radical (unpaired) electrons. The number of allylic oxidation sites excluding steroid dienone is 4. The van der Waals surface area contributed by atoms with Gasteiger partial charge >= 0.3 is 0 Å². The molecular formula is C21H34O3. The third-order valence-electron chi connectivity index (χ3n) is 5.44. The van der Waals surface area contributed by atoms with Crippen LogP contribution >= 0.6 is 0 Å². The molecule has 24 heavy (non-hydrogen) atoms. The van der Waals surface area contributed by atoms with Crippen LogP contribution in [0.4, 0.5) is 0 Å². The Balaban J connectivity index is 2.26. The van der Waals surface area contributed by atoms with E-state index in [9.17, 15) is 5.11 Å². The Bertz CT molecular complexity index is 499. The van der Waals surface area contributed by atoms with Crippen LogP contribution < -0.4 is 0 Å². The highest BCUT2D eigenvalue weighted by molar-refractivity contribution is 5.19. The fraction of sp³-hybridized carbons (Fsp3) is 0.714. The summed E-state index contributed by atoms with van der Waals surface area (Å²) in [6.45, 7) is 9.30. The van der Waals surface area contributed by atoms with Gasteiger partial charge in [0.1, 0.15) is 0 Å². The molecule has 5 atom stereocenters. The summed E-state index contributed by atoms with van der Waals surface area (Å²) < 4.78 is 11.5. The average Bonchev–Trinajstić information content (AvgIpc) is 2.90. The maximum atomic E-state index is 11.0. The van der Waals surface area contributed by atoms with Crippen molar-refractivity contribution in [2.24, 2.45) is 17.8 Å². The first kappa shape index (κ1) is 19.4. The van der Waals surface area contributed by atoms with E-state index in [0.717, 1.165) is 25.7 Å². The van der Waals surface area contributed by atoms with Crippen molar-refractivity contribution < 1.29 is 14.6 Å². The second-order valence-electron chi connectivity index (χ2n) is 7.69. The summed E-state index contributed by atoms with van der Waals surface area (Å²) in [6, 6.07) is 0. The van der Waals surface area contributed by atoms with Crippen molar-refractivity contribution in [3.63, 3.8) is 0 Å². The first-order chi connectivity index (χ1) is 11.4. The predicted octanol–water partition coefficient (Wildman–Crippen LogP) is 4.63. The van der Waals surface area contributed by atoms with Crippen molar-refractivity contribution in [1.82, 2.24) is 0 Å². The van der Waals surface area contributed by atoms with Gasteiger partial charge in [-0.1, -0.05) is 36.3 Å². The summed E-state index contributed by atoms with van der Waals surface area (Å²) in [6.07, 6.45) is 10.0. The fourth-order valence-corrected chi connectivity index (χ4v) is 4.15. The monoisotopic (exact) mass is 334 g/mol. The average molecular weight is 335 g/mol. The molecule has 1 fully saturated rings. The van der Waals surface area contributed by atoms with Crippen molar-refractivity contribution in [2.75, 3.05) is 13.7 Å². The minimum atomic E-state index is -0.353. The van der Waals surface area contributed by atoms with E-state index in [-0.39, 0.29) is 24.2 Å². The third kappa shape index (κ3) is 4.81. The van der Waals surface area contributed by atoms with Crippen LogP contribution in [0.5, 0.6) is 0 Å². The molecule has 0 spiro atoms. The molecule has 0 saturated carbocycles. The van der Waals surface area contributed by atoms with Gasteiger partial charge in [0.25, 0.3) is 0 Å². The first-order valence-corrected chi connectivity index (χ1v) is 9.24. The van der Waals surface area contributed by atoms with Crippen molar-refractivity contribution in [3.8, 4) is 0 Å². The Morgan fingerprint density at radius 3 is 2.83 bits per heavy atom. The number of methoxy groups -OCH3 is 1. The maximum absolute atomic E-state index is 11.0. The van der Waals surface area contributed by atoms with Crippen LogP contribution in [0.25, 0.3) is 0 Å². The Labute approximate surface area is 147 Å². The van der Waals surface area contributed by atoms with Crippen LogP contribution in [-0.2, 0) is 9.47 Å². The topological polar surface area (TPSA) is 38.7 Å². The Morgan fingerprint density at radius 1 is 1.42 bits per heavy atom. The van der Waals surface area contributed by atoms with Gasteiger partial charge in [0.2, 0.25) is 0 Å². The quantitative estimate of drug-likeness (QED) is 0.745. The largest absolute Gasteiger partial charge is 0.392 e. The number of hydrogen-bond donors (Lipinski definition) is 1. The molecule has 0 unspecified atom stereocenters. The normalized spacial score (nSPS) is 36.2. The number of ether oxygens (including phenoxy) is 2. The molecule has 2 aliphatic rings. The highest BCUT2D eigenvalue weighted by atomic mass is 16.7. The lowest BCUT2D eigenvalue weighted by atomic mass is 9.73. The predicted molar refractivity (Wildman–Crippen MR) is 98.6 cm³/mol. The molecule has 0 aromatic heterocycles. The Hall–Kier alpha value is -0.900. The highest BCUT2D eigenvalue weighted by Crippen LogP contribution is 2.42.